The van der Waals surface area contributed by atoms with Gasteiger partial charge in [0.15, 0.2) is 11.6 Å². The lowest BCUT2D eigenvalue weighted by Crippen LogP contribution is -2.42. The highest BCUT2D eigenvalue weighted by atomic mass is 19.1. The Morgan fingerprint density at radius 2 is 2.32 bits per heavy atom. The van der Waals surface area contributed by atoms with E-state index < -0.39 is 17.2 Å². The molecule has 0 radical (unpaired) electrons. The first-order valence-corrected chi connectivity index (χ1v) is 6.36. The molecular formula is C14H16F2N2O. The monoisotopic (exact) mass is 266 g/mol. The molecule has 0 bridgehead atoms. The van der Waals surface area contributed by atoms with Crippen molar-refractivity contribution in [2.45, 2.75) is 37.8 Å². The van der Waals surface area contributed by atoms with Gasteiger partial charge in [-0.05, 0) is 31.5 Å². The third-order valence-electron chi connectivity index (χ3n) is 3.39. The van der Waals surface area contributed by atoms with E-state index in [1.165, 1.54) is 0 Å². The van der Waals surface area contributed by atoms with Crippen molar-refractivity contribution in [1.82, 2.24) is 5.32 Å². The minimum absolute atomic E-state index is 0.0877. The van der Waals surface area contributed by atoms with Crippen LogP contribution in [0.1, 0.15) is 26.2 Å². The minimum Gasteiger partial charge on any atom is -0.487 e. The van der Waals surface area contributed by atoms with Gasteiger partial charge in [0.2, 0.25) is 0 Å². The highest BCUT2D eigenvalue weighted by molar-refractivity contribution is 5.26. The van der Waals surface area contributed by atoms with Crippen LogP contribution in [0.5, 0.6) is 5.75 Å². The molecule has 0 aromatic heterocycles. The Hall–Kier alpha value is -1.67. The molecule has 102 valence electrons. The molecule has 0 heterocycles. The van der Waals surface area contributed by atoms with Crippen molar-refractivity contribution in [3.63, 3.8) is 0 Å². The van der Waals surface area contributed by atoms with Gasteiger partial charge in [0, 0.05) is 12.5 Å². The normalized spacial score (nSPS) is 26.1. The van der Waals surface area contributed by atoms with Crippen LogP contribution in [0.15, 0.2) is 18.2 Å². The lowest BCUT2D eigenvalue weighted by Gasteiger charge is -2.22. The number of hydrogen-bond donors (Lipinski definition) is 1. The first kappa shape index (κ1) is 13.8. The van der Waals surface area contributed by atoms with E-state index in [4.69, 9.17) is 4.74 Å². The van der Waals surface area contributed by atoms with Crippen molar-refractivity contribution in [1.29, 1.82) is 5.26 Å². The fourth-order valence-electron chi connectivity index (χ4n) is 2.49. The number of nitriles is 1. The molecule has 1 N–H and O–H groups in total. The molecule has 2 rings (SSSR count). The average molecular weight is 266 g/mol. The molecule has 0 aliphatic heterocycles. The Morgan fingerprint density at radius 1 is 1.53 bits per heavy atom. The van der Waals surface area contributed by atoms with E-state index in [1.807, 2.05) is 6.92 Å². The minimum atomic E-state index is -0.608. The second-order valence-corrected chi connectivity index (χ2v) is 4.78. The standard InChI is InChI=1S/C14H16F2N2O/c1-2-18-14(9-17)6-5-11(8-14)19-13-7-10(15)3-4-12(13)16/h3-4,7,11,18H,2,5-6,8H2,1H3. The first-order chi connectivity index (χ1) is 9.08. The third kappa shape index (κ3) is 3.02. The van der Waals surface area contributed by atoms with E-state index in [9.17, 15) is 14.0 Å². The zero-order valence-corrected chi connectivity index (χ0v) is 10.7. The Bertz CT molecular complexity index is 501. The van der Waals surface area contributed by atoms with E-state index in [-0.39, 0.29) is 11.9 Å². The second kappa shape index (κ2) is 5.54. The van der Waals surface area contributed by atoms with Crippen LogP contribution < -0.4 is 10.1 Å². The van der Waals surface area contributed by atoms with Gasteiger partial charge >= 0.3 is 0 Å². The van der Waals surface area contributed by atoms with Gasteiger partial charge in [-0.3, -0.25) is 5.32 Å². The van der Waals surface area contributed by atoms with E-state index >= 15 is 0 Å². The van der Waals surface area contributed by atoms with E-state index in [2.05, 4.69) is 11.4 Å². The van der Waals surface area contributed by atoms with Crippen LogP contribution in [0, 0.1) is 23.0 Å². The maximum Gasteiger partial charge on any atom is 0.165 e. The lowest BCUT2D eigenvalue weighted by atomic mass is 10.00. The number of benzene rings is 1. The summed E-state index contributed by atoms with van der Waals surface area (Å²) in [7, 11) is 0. The molecule has 1 aromatic rings. The molecular weight excluding hydrogens is 250 g/mol. The molecule has 1 fully saturated rings. The molecule has 0 saturated heterocycles. The molecule has 3 nitrogen and oxygen atoms in total. The maximum absolute atomic E-state index is 13.5. The van der Waals surface area contributed by atoms with Gasteiger partial charge in [0.05, 0.1) is 6.07 Å². The summed E-state index contributed by atoms with van der Waals surface area (Å²) < 4.78 is 32.0. The SMILES string of the molecule is CCNC1(C#N)CCC(Oc2cc(F)ccc2F)C1. The zero-order chi connectivity index (χ0) is 13.9. The molecule has 5 heteroatoms. The topological polar surface area (TPSA) is 45.0 Å². The fraction of sp³-hybridized carbons (Fsp3) is 0.500. The van der Waals surface area contributed by atoms with Gasteiger partial charge in [0.25, 0.3) is 0 Å². The van der Waals surface area contributed by atoms with E-state index in [0.29, 0.717) is 25.8 Å². The van der Waals surface area contributed by atoms with Gasteiger partial charge in [-0.25, -0.2) is 8.78 Å². The molecule has 0 spiro atoms. The summed E-state index contributed by atoms with van der Waals surface area (Å²) in [4.78, 5) is 0. The number of nitrogens with one attached hydrogen (secondary N) is 1. The van der Waals surface area contributed by atoms with Crippen LogP contribution in [0.2, 0.25) is 0 Å². The Labute approximate surface area is 111 Å². The number of hydrogen-bond acceptors (Lipinski definition) is 3. The van der Waals surface area contributed by atoms with Crippen LogP contribution in [0.25, 0.3) is 0 Å². The van der Waals surface area contributed by atoms with E-state index in [0.717, 1.165) is 18.2 Å². The van der Waals surface area contributed by atoms with Gasteiger partial charge in [0.1, 0.15) is 17.5 Å². The summed E-state index contributed by atoms with van der Waals surface area (Å²) >= 11 is 0. The molecule has 1 aliphatic rings. The van der Waals surface area contributed by atoms with Gasteiger partial charge in [-0.1, -0.05) is 6.92 Å². The van der Waals surface area contributed by atoms with Crippen molar-refractivity contribution in [2.24, 2.45) is 0 Å². The summed E-state index contributed by atoms with van der Waals surface area (Å²) in [6.45, 7) is 2.62. The van der Waals surface area contributed by atoms with Crippen molar-refractivity contribution in [2.75, 3.05) is 6.54 Å². The molecule has 2 atom stereocenters. The Kier molecular flexibility index (Phi) is 4.01. The lowest BCUT2D eigenvalue weighted by molar-refractivity contribution is 0.191. The third-order valence-corrected chi connectivity index (χ3v) is 3.39. The highest BCUT2D eigenvalue weighted by Gasteiger charge is 2.40. The summed E-state index contributed by atoms with van der Waals surface area (Å²) in [6, 6.07) is 5.39. The molecule has 2 unspecified atom stereocenters. The number of rotatable bonds is 4. The maximum atomic E-state index is 13.5. The van der Waals surface area contributed by atoms with Gasteiger partial charge in [-0.2, -0.15) is 5.26 Å². The zero-order valence-electron chi connectivity index (χ0n) is 10.7. The smallest absolute Gasteiger partial charge is 0.165 e. The van der Waals surface area contributed by atoms with Crippen LogP contribution in [0.3, 0.4) is 0 Å². The van der Waals surface area contributed by atoms with E-state index in [1.54, 1.807) is 0 Å². The summed E-state index contributed by atoms with van der Waals surface area (Å²) in [6.07, 6.45) is 1.51. The van der Waals surface area contributed by atoms with Crippen LogP contribution in [-0.2, 0) is 0 Å². The Morgan fingerprint density at radius 3 is 3.00 bits per heavy atom. The summed E-state index contributed by atoms with van der Waals surface area (Å²) in [5, 5.41) is 12.4. The average Bonchev–Trinajstić information content (AvgIpc) is 2.78. The van der Waals surface area contributed by atoms with Crippen LogP contribution in [0.4, 0.5) is 8.78 Å². The summed E-state index contributed by atoms with van der Waals surface area (Å²) in [5.74, 6) is -1.21. The summed E-state index contributed by atoms with van der Waals surface area (Å²) in [5.41, 5.74) is -0.608. The van der Waals surface area contributed by atoms with Crippen LogP contribution >= 0.6 is 0 Å². The quantitative estimate of drug-likeness (QED) is 0.911. The number of nitrogens with zero attached hydrogens (tertiary/aromatic N) is 1. The Balaban J connectivity index is 2.06. The number of ether oxygens (including phenoxy) is 1. The van der Waals surface area contributed by atoms with Crippen molar-refractivity contribution in [3.8, 4) is 11.8 Å². The second-order valence-electron chi connectivity index (χ2n) is 4.78. The molecule has 1 aliphatic carbocycles. The molecule has 1 saturated carbocycles. The number of halogens is 2. The molecule has 19 heavy (non-hydrogen) atoms. The molecule has 0 amide bonds. The molecule has 1 aromatic carbocycles. The largest absolute Gasteiger partial charge is 0.487 e. The van der Waals surface area contributed by atoms with Crippen LogP contribution in [-0.4, -0.2) is 18.2 Å². The predicted molar refractivity (Wildman–Crippen MR) is 66.6 cm³/mol. The first-order valence-electron chi connectivity index (χ1n) is 6.36. The van der Waals surface area contributed by atoms with Gasteiger partial charge in [-0.15, -0.1) is 0 Å². The van der Waals surface area contributed by atoms with Crippen molar-refractivity contribution < 1.29 is 13.5 Å². The predicted octanol–water partition coefficient (Wildman–Crippen LogP) is 2.77. The van der Waals surface area contributed by atoms with Crippen molar-refractivity contribution >= 4 is 0 Å². The van der Waals surface area contributed by atoms with Gasteiger partial charge < -0.3 is 4.74 Å². The highest BCUT2D eigenvalue weighted by Crippen LogP contribution is 2.33. The van der Waals surface area contributed by atoms with Crippen molar-refractivity contribution in [3.05, 3.63) is 29.8 Å². The fourth-order valence-corrected chi connectivity index (χ4v) is 2.49.